The zero-order valence-electron chi connectivity index (χ0n) is 12.7. The number of carbonyl (C=O) groups is 1. The van der Waals surface area contributed by atoms with Gasteiger partial charge in [-0.25, -0.2) is 0 Å². The molecule has 0 aliphatic heterocycles. The molecule has 20 heavy (non-hydrogen) atoms. The molecule has 3 nitrogen and oxygen atoms in total. The Labute approximate surface area is 121 Å². The Morgan fingerprint density at radius 1 is 1.45 bits per heavy atom. The number of benzene rings is 1. The predicted octanol–water partition coefficient (Wildman–Crippen LogP) is 2.60. The zero-order chi connectivity index (χ0) is 15.1. The number of hydrogen-bond acceptors (Lipinski definition) is 2. The summed E-state index contributed by atoms with van der Waals surface area (Å²) in [5.41, 5.74) is 2.38. The number of carbonyl (C=O) groups excluding carboxylic acids is 1. The number of aliphatic hydroxyl groups is 1. The molecule has 0 bridgehead atoms. The number of rotatable bonds is 4. The molecule has 1 amide bonds. The van der Waals surface area contributed by atoms with Crippen molar-refractivity contribution in [1.29, 1.82) is 0 Å². The maximum atomic E-state index is 12.5. The summed E-state index contributed by atoms with van der Waals surface area (Å²) in [5, 5.41) is 8.73. The fourth-order valence-corrected chi connectivity index (χ4v) is 2.07. The normalized spacial score (nSPS) is 11.4. The molecule has 108 valence electrons. The van der Waals surface area contributed by atoms with Crippen molar-refractivity contribution in [3.63, 3.8) is 0 Å². The highest BCUT2D eigenvalue weighted by Crippen LogP contribution is 2.15. The Bertz CT molecular complexity index is 526. The second kappa shape index (κ2) is 7.72. The van der Waals surface area contributed by atoms with Crippen molar-refractivity contribution >= 4 is 5.91 Å². The van der Waals surface area contributed by atoms with Crippen molar-refractivity contribution in [3.05, 3.63) is 34.9 Å². The van der Waals surface area contributed by atoms with Gasteiger partial charge in [-0.05, 0) is 38.0 Å². The van der Waals surface area contributed by atoms with E-state index in [1.807, 2.05) is 26.1 Å². The summed E-state index contributed by atoms with van der Waals surface area (Å²) < 4.78 is 0. The minimum atomic E-state index is -0.176. The van der Waals surface area contributed by atoms with E-state index in [9.17, 15) is 4.79 Å². The van der Waals surface area contributed by atoms with E-state index in [1.165, 1.54) is 0 Å². The Morgan fingerprint density at radius 3 is 2.75 bits per heavy atom. The van der Waals surface area contributed by atoms with E-state index in [0.717, 1.165) is 24.0 Å². The van der Waals surface area contributed by atoms with Crippen LogP contribution in [0.5, 0.6) is 0 Å². The van der Waals surface area contributed by atoms with Crippen LogP contribution in [0.1, 0.15) is 48.2 Å². The molecule has 0 radical (unpaired) electrons. The average molecular weight is 273 g/mol. The SMILES string of the molecule is CCCC(C)N(C)C(=O)c1cc(C#CCO)ccc1C. The summed E-state index contributed by atoms with van der Waals surface area (Å²) in [5.74, 6) is 5.47. The van der Waals surface area contributed by atoms with Crippen LogP contribution in [0, 0.1) is 18.8 Å². The molecule has 0 fully saturated rings. The number of nitrogens with zero attached hydrogens (tertiary/aromatic N) is 1. The van der Waals surface area contributed by atoms with Gasteiger partial charge in [0.25, 0.3) is 5.91 Å². The van der Waals surface area contributed by atoms with Crippen molar-refractivity contribution in [3.8, 4) is 11.8 Å². The maximum absolute atomic E-state index is 12.5. The van der Waals surface area contributed by atoms with E-state index in [-0.39, 0.29) is 18.6 Å². The van der Waals surface area contributed by atoms with Crippen LogP contribution in [0.4, 0.5) is 0 Å². The lowest BCUT2D eigenvalue weighted by Crippen LogP contribution is -2.35. The zero-order valence-corrected chi connectivity index (χ0v) is 12.7. The van der Waals surface area contributed by atoms with Gasteiger partial charge in [0.2, 0.25) is 0 Å². The van der Waals surface area contributed by atoms with Gasteiger partial charge in [-0.3, -0.25) is 4.79 Å². The number of aliphatic hydroxyl groups excluding tert-OH is 1. The molecule has 3 heteroatoms. The second-order valence-electron chi connectivity index (χ2n) is 5.04. The van der Waals surface area contributed by atoms with Crippen LogP contribution in [0.15, 0.2) is 18.2 Å². The topological polar surface area (TPSA) is 40.5 Å². The van der Waals surface area contributed by atoms with Crippen LogP contribution in [-0.2, 0) is 0 Å². The summed E-state index contributed by atoms with van der Waals surface area (Å²) in [4.78, 5) is 14.3. The molecule has 0 saturated carbocycles. The predicted molar refractivity (Wildman–Crippen MR) is 81.6 cm³/mol. The van der Waals surface area contributed by atoms with Gasteiger partial charge >= 0.3 is 0 Å². The average Bonchev–Trinajstić information content (AvgIpc) is 2.45. The first-order chi connectivity index (χ1) is 9.51. The van der Waals surface area contributed by atoms with Crippen molar-refractivity contribution in [2.24, 2.45) is 0 Å². The Balaban J connectivity index is 3.02. The molecule has 1 N–H and O–H groups in total. The quantitative estimate of drug-likeness (QED) is 0.857. The molecule has 1 atom stereocenters. The third kappa shape index (κ3) is 4.11. The summed E-state index contributed by atoms with van der Waals surface area (Å²) >= 11 is 0. The van der Waals surface area contributed by atoms with E-state index in [2.05, 4.69) is 25.7 Å². The molecule has 0 aliphatic carbocycles. The fraction of sp³-hybridized carbons (Fsp3) is 0.471. The Hall–Kier alpha value is -1.79. The molecule has 0 spiro atoms. The van der Waals surface area contributed by atoms with Gasteiger partial charge in [0, 0.05) is 24.2 Å². The first-order valence-corrected chi connectivity index (χ1v) is 6.98. The van der Waals surface area contributed by atoms with Crippen molar-refractivity contribution in [2.75, 3.05) is 13.7 Å². The van der Waals surface area contributed by atoms with Gasteiger partial charge in [-0.1, -0.05) is 31.3 Å². The molecule has 0 saturated heterocycles. The van der Waals surface area contributed by atoms with Gasteiger partial charge < -0.3 is 10.0 Å². The molecule has 0 aliphatic rings. The van der Waals surface area contributed by atoms with Crippen LogP contribution in [0.25, 0.3) is 0 Å². The summed E-state index contributed by atoms with van der Waals surface area (Å²) in [6, 6.07) is 5.78. The number of amides is 1. The van der Waals surface area contributed by atoms with Crippen LogP contribution < -0.4 is 0 Å². The molecule has 0 aromatic heterocycles. The van der Waals surface area contributed by atoms with E-state index in [0.29, 0.717) is 5.56 Å². The van der Waals surface area contributed by atoms with Crippen LogP contribution >= 0.6 is 0 Å². The smallest absolute Gasteiger partial charge is 0.254 e. The minimum Gasteiger partial charge on any atom is -0.384 e. The highest BCUT2D eigenvalue weighted by molar-refractivity contribution is 5.96. The lowest BCUT2D eigenvalue weighted by atomic mass is 10.0. The van der Waals surface area contributed by atoms with Gasteiger partial charge in [0.15, 0.2) is 0 Å². The minimum absolute atomic E-state index is 0.0242. The molecular weight excluding hydrogens is 250 g/mol. The van der Waals surface area contributed by atoms with E-state index in [1.54, 1.807) is 11.0 Å². The largest absolute Gasteiger partial charge is 0.384 e. The van der Waals surface area contributed by atoms with E-state index >= 15 is 0 Å². The number of hydrogen-bond donors (Lipinski definition) is 1. The summed E-state index contributed by atoms with van der Waals surface area (Å²) in [7, 11) is 1.84. The Morgan fingerprint density at radius 2 is 2.15 bits per heavy atom. The van der Waals surface area contributed by atoms with Crippen molar-refractivity contribution in [2.45, 2.75) is 39.7 Å². The van der Waals surface area contributed by atoms with Crippen molar-refractivity contribution < 1.29 is 9.90 Å². The molecular formula is C17H23NO2. The fourth-order valence-electron chi connectivity index (χ4n) is 2.07. The summed E-state index contributed by atoms with van der Waals surface area (Å²) in [6.07, 6.45) is 2.05. The van der Waals surface area contributed by atoms with Gasteiger partial charge in [0.05, 0.1) is 0 Å². The standard InChI is InChI=1S/C17H23NO2/c1-5-7-14(3)18(4)17(20)16-12-15(8-6-11-19)10-9-13(16)2/h9-10,12,14,19H,5,7,11H2,1-4H3. The van der Waals surface area contributed by atoms with E-state index < -0.39 is 0 Å². The molecule has 1 unspecified atom stereocenters. The third-order valence-electron chi connectivity index (χ3n) is 3.47. The van der Waals surface area contributed by atoms with Crippen molar-refractivity contribution in [1.82, 2.24) is 4.90 Å². The highest BCUT2D eigenvalue weighted by Gasteiger charge is 2.18. The van der Waals surface area contributed by atoms with Gasteiger partial charge in [0.1, 0.15) is 6.61 Å². The maximum Gasteiger partial charge on any atom is 0.254 e. The molecule has 1 rings (SSSR count). The number of aryl methyl sites for hydroxylation is 1. The van der Waals surface area contributed by atoms with Gasteiger partial charge in [-0.15, -0.1) is 0 Å². The molecule has 1 aromatic carbocycles. The molecule has 1 aromatic rings. The van der Waals surface area contributed by atoms with Crippen LogP contribution in [0.3, 0.4) is 0 Å². The highest BCUT2D eigenvalue weighted by atomic mass is 16.2. The molecule has 0 heterocycles. The Kier molecular flexibility index (Phi) is 6.27. The summed E-state index contributed by atoms with van der Waals surface area (Å²) in [6.45, 7) is 5.93. The van der Waals surface area contributed by atoms with E-state index in [4.69, 9.17) is 5.11 Å². The van der Waals surface area contributed by atoms with Crippen LogP contribution in [0.2, 0.25) is 0 Å². The monoisotopic (exact) mass is 273 g/mol. The second-order valence-corrected chi connectivity index (χ2v) is 5.04. The van der Waals surface area contributed by atoms with Gasteiger partial charge in [-0.2, -0.15) is 0 Å². The lowest BCUT2D eigenvalue weighted by molar-refractivity contribution is 0.0736. The first kappa shape index (κ1) is 16.3. The first-order valence-electron chi connectivity index (χ1n) is 6.98. The third-order valence-corrected chi connectivity index (χ3v) is 3.47. The lowest BCUT2D eigenvalue weighted by Gasteiger charge is -2.25. The van der Waals surface area contributed by atoms with Crippen LogP contribution in [-0.4, -0.2) is 35.6 Å².